The molecule has 1 aliphatic carbocycles. The minimum atomic E-state index is -0.680. The number of nitrogens with one attached hydrogen (secondary N) is 1. The fraction of sp³-hybridized carbons (Fsp3) is 0.571. The zero-order valence-electron chi connectivity index (χ0n) is 13.0. The van der Waals surface area contributed by atoms with E-state index in [1.54, 1.807) is 14.7 Å². The van der Waals surface area contributed by atoms with E-state index in [0.29, 0.717) is 13.0 Å². The van der Waals surface area contributed by atoms with Crippen LogP contribution in [0.3, 0.4) is 0 Å². The van der Waals surface area contributed by atoms with Gasteiger partial charge in [-0.2, -0.15) is 0 Å². The molecule has 7 nitrogen and oxygen atoms in total. The van der Waals surface area contributed by atoms with Gasteiger partial charge in [-0.25, -0.2) is 4.79 Å². The molecule has 0 aromatic carbocycles. The summed E-state index contributed by atoms with van der Waals surface area (Å²) in [6.45, 7) is 3.26. The lowest BCUT2D eigenvalue weighted by atomic mass is 9.84. The van der Waals surface area contributed by atoms with Crippen molar-refractivity contribution in [3.05, 3.63) is 24.3 Å². The van der Waals surface area contributed by atoms with E-state index in [-0.39, 0.29) is 12.0 Å². The summed E-state index contributed by atoms with van der Waals surface area (Å²) < 4.78 is 4.86. The van der Waals surface area contributed by atoms with Crippen LogP contribution in [0.25, 0.3) is 0 Å². The number of likely N-dealkylation sites (tertiary alicyclic amines) is 1. The monoisotopic (exact) mass is 305 g/mol. The highest BCUT2D eigenvalue weighted by molar-refractivity contribution is 6.23. The molecule has 2 atom stereocenters. The molecule has 0 bridgehead atoms. The van der Waals surface area contributed by atoms with Gasteiger partial charge in [-0.15, -0.1) is 0 Å². The van der Waals surface area contributed by atoms with Crippen molar-refractivity contribution >= 4 is 19.5 Å². The highest BCUT2D eigenvalue weighted by Gasteiger charge is 2.33. The molecule has 0 aromatic rings. The maximum atomic E-state index is 12.1. The Balaban J connectivity index is 1.84. The first-order valence-corrected chi connectivity index (χ1v) is 7.30. The van der Waals surface area contributed by atoms with E-state index in [1.165, 1.54) is 0 Å². The van der Waals surface area contributed by atoms with Crippen LogP contribution in [0.4, 0.5) is 0 Å². The summed E-state index contributed by atoms with van der Waals surface area (Å²) in [5.41, 5.74) is 5.21. The van der Waals surface area contributed by atoms with E-state index in [0.717, 1.165) is 13.0 Å². The van der Waals surface area contributed by atoms with Crippen molar-refractivity contribution in [1.82, 2.24) is 10.1 Å². The molecular weight excluding hydrogens is 283 g/mol. The van der Waals surface area contributed by atoms with Crippen molar-refractivity contribution in [2.45, 2.75) is 25.8 Å². The summed E-state index contributed by atoms with van der Waals surface area (Å²) in [5.74, 6) is -0.188. The van der Waals surface area contributed by atoms with Crippen LogP contribution in [0.1, 0.15) is 19.8 Å². The van der Waals surface area contributed by atoms with Gasteiger partial charge in [0, 0.05) is 26.2 Å². The molecule has 1 saturated heterocycles. The molecular formula is C14H22BN4O3. The Morgan fingerprint density at radius 1 is 1.55 bits per heavy atom. The number of carbonyl (C=O) groups excluding carboxylic acids is 1. The SMILES string of the molecule is CO[B]NC1CCN(/C(N)=N/OC(=O)C2(C)C=CC=CC2)C1. The van der Waals surface area contributed by atoms with Crippen LogP contribution in [0.2, 0.25) is 0 Å². The van der Waals surface area contributed by atoms with Crippen LogP contribution in [0.15, 0.2) is 29.5 Å². The second kappa shape index (κ2) is 7.46. The zero-order valence-corrected chi connectivity index (χ0v) is 13.0. The normalized spacial score (nSPS) is 28.0. The van der Waals surface area contributed by atoms with Crippen molar-refractivity contribution in [2.75, 3.05) is 20.2 Å². The van der Waals surface area contributed by atoms with Crippen LogP contribution in [0.5, 0.6) is 0 Å². The van der Waals surface area contributed by atoms with Crippen molar-refractivity contribution in [3.8, 4) is 0 Å². The minimum absolute atomic E-state index is 0.217. The summed E-state index contributed by atoms with van der Waals surface area (Å²) >= 11 is 0. The quantitative estimate of drug-likeness (QED) is 0.247. The second-order valence-electron chi connectivity index (χ2n) is 5.69. The molecule has 0 amide bonds. The molecule has 22 heavy (non-hydrogen) atoms. The average molecular weight is 305 g/mol. The Morgan fingerprint density at radius 3 is 3.05 bits per heavy atom. The first-order chi connectivity index (χ1) is 10.5. The summed E-state index contributed by atoms with van der Waals surface area (Å²) in [7, 11) is 3.13. The van der Waals surface area contributed by atoms with Crippen molar-refractivity contribution in [2.24, 2.45) is 16.3 Å². The third-order valence-electron chi connectivity index (χ3n) is 3.88. The topological polar surface area (TPSA) is 89.2 Å². The fourth-order valence-corrected chi connectivity index (χ4v) is 2.40. The molecule has 0 saturated carbocycles. The average Bonchev–Trinajstić information content (AvgIpc) is 3.00. The number of nitrogens with zero attached hydrogens (tertiary/aromatic N) is 2. The van der Waals surface area contributed by atoms with Crippen molar-refractivity contribution in [3.63, 3.8) is 0 Å². The predicted molar refractivity (Wildman–Crippen MR) is 84.6 cm³/mol. The molecule has 1 fully saturated rings. The second-order valence-corrected chi connectivity index (χ2v) is 5.69. The predicted octanol–water partition coefficient (Wildman–Crippen LogP) is 0.126. The van der Waals surface area contributed by atoms with Gasteiger partial charge < -0.3 is 25.4 Å². The third kappa shape index (κ3) is 4.11. The maximum absolute atomic E-state index is 12.1. The molecule has 1 heterocycles. The summed E-state index contributed by atoms with van der Waals surface area (Å²) in [4.78, 5) is 19.0. The Labute approximate surface area is 131 Å². The third-order valence-corrected chi connectivity index (χ3v) is 3.88. The molecule has 2 rings (SSSR count). The van der Waals surface area contributed by atoms with Gasteiger partial charge in [0.2, 0.25) is 5.96 Å². The number of oxime groups is 1. The van der Waals surface area contributed by atoms with Gasteiger partial charge >= 0.3 is 13.6 Å². The van der Waals surface area contributed by atoms with E-state index < -0.39 is 11.4 Å². The number of nitrogens with two attached hydrogens (primary N) is 1. The Bertz CT molecular complexity index is 494. The zero-order chi connectivity index (χ0) is 16.0. The van der Waals surface area contributed by atoms with Crippen molar-refractivity contribution < 1.29 is 14.3 Å². The number of hydrogen-bond acceptors (Lipinski definition) is 5. The molecule has 1 aliphatic heterocycles. The number of rotatable bonds is 5. The molecule has 2 unspecified atom stereocenters. The Morgan fingerprint density at radius 2 is 2.36 bits per heavy atom. The molecule has 119 valence electrons. The van der Waals surface area contributed by atoms with Gasteiger partial charge in [0.1, 0.15) is 0 Å². The van der Waals surface area contributed by atoms with Crippen LogP contribution in [-0.2, 0) is 14.3 Å². The highest BCUT2D eigenvalue weighted by Crippen LogP contribution is 2.28. The Hall–Kier alpha value is -1.80. The van der Waals surface area contributed by atoms with Gasteiger partial charge in [0.25, 0.3) is 0 Å². The molecule has 8 heteroatoms. The standard InChI is InChI=1S/C14H22BN4O3/c1-14(7-4-3-5-8-14)12(20)22-18-13(16)19-9-6-11(10-19)17-15-21-2/h3-5,7,11,17H,6,8-10H2,1-2H3,(H2,16,18). The number of guanidine groups is 1. The van der Waals surface area contributed by atoms with E-state index in [4.69, 9.17) is 15.2 Å². The van der Waals surface area contributed by atoms with Crippen LogP contribution < -0.4 is 11.0 Å². The lowest BCUT2D eigenvalue weighted by Gasteiger charge is -2.22. The van der Waals surface area contributed by atoms with E-state index in [1.807, 2.05) is 36.1 Å². The Kier molecular flexibility index (Phi) is 5.62. The molecule has 2 aliphatic rings. The number of allylic oxidation sites excluding steroid dienone is 3. The van der Waals surface area contributed by atoms with E-state index in [9.17, 15) is 4.79 Å². The lowest BCUT2D eigenvalue weighted by Crippen LogP contribution is -2.40. The summed E-state index contributed by atoms with van der Waals surface area (Å²) in [5, 5.41) is 6.90. The lowest BCUT2D eigenvalue weighted by molar-refractivity contribution is -0.152. The fourth-order valence-electron chi connectivity index (χ4n) is 2.40. The van der Waals surface area contributed by atoms with Crippen LogP contribution in [-0.4, -0.2) is 50.7 Å². The van der Waals surface area contributed by atoms with Gasteiger partial charge in [0.05, 0.1) is 5.41 Å². The largest absolute Gasteiger partial charge is 0.427 e. The van der Waals surface area contributed by atoms with Crippen molar-refractivity contribution in [1.29, 1.82) is 0 Å². The maximum Gasteiger partial charge on any atom is 0.395 e. The van der Waals surface area contributed by atoms with E-state index >= 15 is 0 Å². The molecule has 0 aromatic heterocycles. The number of hydrogen-bond donors (Lipinski definition) is 2. The van der Waals surface area contributed by atoms with E-state index in [2.05, 4.69) is 10.4 Å². The summed E-state index contributed by atoms with van der Waals surface area (Å²) in [6, 6.07) is 0.244. The molecule has 3 N–H and O–H groups in total. The first kappa shape index (κ1) is 16.6. The van der Waals surface area contributed by atoms with Crippen LogP contribution in [0, 0.1) is 5.41 Å². The summed E-state index contributed by atoms with van der Waals surface area (Å²) in [6.07, 6.45) is 8.99. The van der Waals surface area contributed by atoms with Gasteiger partial charge in [0.15, 0.2) is 0 Å². The first-order valence-electron chi connectivity index (χ1n) is 7.30. The van der Waals surface area contributed by atoms with Crippen LogP contribution >= 0.6 is 0 Å². The number of carbonyl (C=O) groups is 1. The van der Waals surface area contributed by atoms with Gasteiger partial charge in [-0.05, 0) is 24.9 Å². The molecule has 0 spiro atoms. The smallest absolute Gasteiger partial charge is 0.395 e. The molecule has 1 radical (unpaired) electrons. The minimum Gasteiger partial charge on any atom is -0.427 e. The van der Waals surface area contributed by atoms with Gasteiger partial charge in [-0.3, -0.25) is 0 Å². The van der Waals surface area contributed by atoms with Gasteiger partial charge in [-0.1, -0.05) is 24.3 Å². The highest BCUT2D eigenvalue weighted by atomic mass is 16.7.